The number of hydrogen-bond acceptors (Lipinski definition) is 3. The molecule has 0 aliphatic rings. The third kappa shape index (κ3) is 5.54. The van der Waals surface area contributed by atoms with Crippen molar-refractivity contribution in [1.29, 1.82) is 0 Å². The molecule has 5 nitrogen and oxygen atoms in total. The number of amides is 2. The van der Waals surface area contributed by atoms with E-state index >= 15 is 0 Å². The quantitative estimate of drug-likeness (QED) is 0.705. The summed E-state index contributed by atoms with van der Waals surface area (Å²) in [7, 11) is 1.63. The Balaban J connectivity index is 2.22. The number of aliphatic hydroxyl groups is 1. The molecule has 18 heavy (non-hydrogen) atoms. The van der Waals surface area contributed by atoms with Crippen LogP contribution in [0.3, 0.4) is 0 Å². The van der Waals surface area contributed by atoms with Gasteiger partial charge in [-0.3, -0.25) is 0 Å². The second-order valence-electron chi connectivity index (χ2n) is 4.08. The molecule has 0 saturated heterocycles. The predicted molar refractivity (Wildman–Crippen MR) is 69.8 cm³/mol. The first kappa shape index (κ1) is 14.3. The molecule has 2 amide bonds. The van der Waals surface area contributed by atoms with E-state index in [1.54, 1.807) is 14.0 Å². The Labute approximate surface area is 107 Å². The van der Waals surface area contributed by atoms with Crippen LogP contribution < -0.4 is 15.4 Å². The zero-order chi connectivity index (χ0) is 13.4. The lowest BCUT2D eigenvalue weighted by atomic mass is 10.1. The summed E-state index contributed by atoms with van der Waals surface area (Å²) in [5.74, 6) is 0.821. The van der Waals surface area contributed by atoms with E-state index in [-0.39, 0.29) is 12.6 Å². The smallest absolute Gasteiger partial charge is 0.314 e. The molecule has 0 aliphatic heterocycles. The van der Waals surface area contributed by atoms with Gasteiger partial charge in [0.05, 0.1) is 13.2 Å². The maximum Gasteiger partial charge on any atom is 0.314 e. The van der Waals surface area contributed by atoms with Crippen LogP contribution in [0.25, 0.3) is 0 Å². The summed E-state index contributed by atoms with van der Waals surface area (Å²) in [6.07, 6.45) is 0.226. The van der Waals surface area contributed by atoms with Crippen LogP contribution >= 0.6 is 0 Å². The van der Waals surface area contributed by atoms with Crippen molar-refractivity contribution in [3.8, 4) is 5.75 Å². The molecule has 3 N–H and O–H groups in total. The average Bonchev–Trinajstić information content (AvgIpc) is 2.37. The molecule has 0 fully saturated rings. The molecule has 0 aliphatic carbocycles. The van der Waals surface area contributed by atoms with E-state index in [0.29, 0.717) is 6.54 Å². The third-order valence-electron chi connectivity index (χ3n) is 2.42. The fourth-order valence-electron chi connectivity index (χ4n) is 1.42. The van der Waals surface area contributed by atoms with Gasteiger partial charge in [-0.2, -0.15) is 0 Å². The van der Waals surface area contributed by atoms with Crippen molar-refractivity contribution in [3.63, 3.8) is 0 Å². The number of urea groups is 1. The highest BCUT2D eigenvalue weighted by Gasteiger charge is 2.01. The van der Waals surface area contributed by atoms with Gasteiger partial charge in [0.15, 0.2) is 0 Å². The van der Waals surface area contributed by atoms with Crippen molar-refractivity contribution in [2.45, 2.75) is 19.4 Å². The number of nitrogens with one attached hydrogen (secondary N) is 2. The maximum absolute atomic E-state index is 11.3. The molecule has 0 spiro atoms. The Hall–Kier alpha value is -1.75. The number of carbonyl (C=O) groups excluding carboxylic acids is 1. The molecule has 0 bridgehead atoms. The van der Waals surface area contributed by atoms with Gasteiger partial charge in [-0.05, 0) is 31.0 Å². The summed E-state index contributed by atoms with van der Waals surface area (Å²) in [6, 6.07) is 7.46. The molecule has 1 unspecified atom stereocenters. The lowest BCUT2D eigenvalue weighted by Crippen LogP contribution is -2.39. The Morgan fingerprint density at radius 2 is 2.00 bits per heavy atom. The predicted octanol–water partition coefficient (Wildman–Crippen LogP) is 0.918. The summed E-state index contributed by atoms with van der Waals surface area (Å²) >= 11 is 0. The highest BCUT2D eigenvalue weighted by atomic mass is 16.5. The zero-order valence-electron chi connectivity index (χ0n) is 10.8. The molecule has 0 aromatic heterocycles. The minimum absolute atomic E-state index is 0.258. The standard InChI is InChI=1S/C13H20N2O3/c1-10(16)9-15-13(17)14-8-7-11-3-5-12(18-2)6-4-11/h3-6,10,16H,7-9H2,1-2H3,(H2,14,15,17). The van der Waals surface area contributed by atoms with Crippen molar-refractivity contribution < 1.29 is 14.6 Å². The first-order valence-electron chi connectivity index (χ1n) is 5.94. The molecule has 1 aromatic carbocycles. The van der Waals surface area contributed by atoms with Crippen LogP contribution in [0, 0.1) is 0 Å². The Kier molecular flexibility index (Phi) is 6.00. The summed E-state index contributed by atoms with van der Waals surface area (Å²) in [5, 5.41) is 14.3. The lowest BCUT2D eigenvalue weighted by molar-refractivity contribution is 0.187. The van der Waals surface area contributed by atoms with Crippen LogP contribution in [0.1, 0.15) is 12.5 Å². The van der Waals surface area contributed by atoms with E-state index in [4.69, 9.17) is 9.84 Å². The fourth-order valence-corrected chi connectivity index (χ4v) is 1.42. The van der Waals surface area contributed by atoms with Crippen LogP contribution in [0.2, 0.25) is 0 Å². The second-order valence-corrected chi connectivity index (χ2v) is 4.08. The van der Waals surface area contributed by atoms with Gasteiger partial charge < -0.3 is 20.5 Å². The van der Waals surface area contributed by atoms with E-state index in [2.05, 4.69) is 10.6 Å². The largest absolute Gasteiger partial charge is 0.497 e. The molecule has 100 valence electrons. The lowest BCUT2D eigenvalue weighted by Gasteiger charge is -2.09. The van der Waals surface area contributed by atoms with Crippen LogP contribution in [-0.2, 0) is 6.42 Å². The summed E-state index contributed by atoms with van der Waals surface area (Å²) < 4.78 is 5.06. The molecule has 5 heteroatoms. The number of methoxy groups -OCH3 is 1. The van der Waals surface area contributed by atoms with Gasteiger partial charge in [0.1, 0.15) is 5.75 Å². The topological polar surface area (TPSA) is 70.6 Å². The van der Waals surface area contributed by atoms with E-state index in [1.165, 1.54) is 0 Å². The number of hydrogen-bond donors (Lipinski definition) is 3. The number of benzene rings is 1. The van der Waals surface area contributed by atoms with Gasteiger partial charge >= 0.3 is 6.03 Å². The number of ether oxygens (including phenoxy) is 1. The highest BCUT2D eigenvalue weighted by molar-refractivity contribution is 5.73. The van der Waals surface area contributed by atoms with Gasteiger partial charge in [-0.1, -0.05) is 12.1 Å². The molecular weight excluding hydrogens is 232 g/mol. The highest BCUT2D eigenvalue weighted by Crippen LogP contribution is 2.11. The molecule has 1 atom stereocenters. The SMILES string of the molecule is COc1ccc(CCNC(=O)NCC(C)O)cc1. The zero-order valence-corrected chi connectivity index (χ0v) is 10.8. The first-order valence-corrected chi connectivity index (χ1v) is 5.94. The van der Waals surface area contributed by atoms with Crippen LogP contribution in [-0.4, -0.2) is 37.4 Å². The molecular formula is C13H20N2O3. The Bertz CT molecular complexity index is 363. The fraction of sp³-hybridized carbons (Fsp3) is 0.462. The van der Waals surface area contributed by atoms with Crippen molar-refractivity contribution in [2.24, 2.45) is 0 Å². The van der Waals surface area contributed by atoms with Gasteiger partial charge in [0.25, 0.3) is 0 Å². The van der Waals surface area contributed by atoms with Crippen molar-refractivity contribution in [3.05, 3.63) is 29.8 Å². The van der Waals surface area contributed by atoms with E-state index in [1.807, 2.05) is 24.3 Å². The minimum Gasteiger partial charge on any atom is -0.497 e. The van der Waals surface area contributed by atoms with E-state index in [0.717, 1.165) is 17.7 Å². The molecule has 0 heterocycles. The molecule has 1 aromatic rings. The van der Waals surface area contributed by atoms with Crippen LogP contribution in [0.4, 0.5) is 4.79 Å². The molecule has 0 saturated carbocycles. The summed E-state index contributed by atoms with van der Waals surface area (Å²) in [5.41, 5.74) is 1.13. The van der Waals surface area contributed by atoms with Crippen molar-refractivity contribution in [2.75, 3.05) is 20.2 Å². The molecule has 1 rings (SSSR count). The van der Waals surface area contributed by atoms with Gasteiger partial charge in [0.2, 0.25) is 0 Å². The Morgan fingerprint density at radius 1 is 1.33 bits per heavy atom. The maximum atomic E-state index is 11.3. The third-order valence-corrected chi connectivity index (χ3v) is 2.42. The summed E-state index contributed by atoms with van der Waals surface area (Å²) in [4.78, 5) is 11.3. The first-order chi connectivity index (χ1) is 8.61. The van der Waals surface area contributed by atoms with Gasteiger partial charge in [-0.15, -0.1) is 0 Å². The van der Waals surface area contributed by atoms with E-state index < -0.39 is 6.10 Å². The minimum atomic E-state index is -0.530. The second kappa shape index (κ2) is 7.55. The van der Waals surface area contributed by atoms with Crippen molar-refractivity contribution in [1.82, 2.24) is 10.6 Å². The average molecular weight is 252 g/mol. The Morgan fingerprint density at radius 3 is 2.56 bits per heavy atom. The van der Waals surface area contributed by atoms with E-state index in [9.17, 15) is 4.79 Å². The summed E-state index contributed by atoms with van der Waals surface area (Å²) in [6.45, 7) is 2.43. The number of carbonyl (C=O) groups is 1. The number of aliphatic hydroxyl groups excluding tert-OH is 1. The monoisotopic (exact) mass is 252 g/mol. The molecule has 0 radical (unpaired) electrons. The van der Waals surface area contributed by atoms with Crippen LogP contribution in [0.5, 0.6) is 5.75 Å². The van der Waals surface area contributed by atoms with Gasteiger partial charge in [-0.25, -0.2) is 4.79 Å². The normalized spacial score (nSPS) is 11.7. The van der Waals surface area contributed by atoms with Crippen molar-refractivity contribution >= 4 is 6.03 Å². The van der Waals surface area contributed by atoms with Gasteiger partial charge in [0, 0.05) is 13.1 Å². The number of rotatable bonds is 6. The van der Waals surface area contributed by atoms with Crippen LogP contribution in [0.15, 0.2) is 24.3 Å².